The molecule has 0 amide bonds. The van der Waals surface area contributed by atoms with Crippen LogP contribution in [-0.4, -0.2) is 23.8 Å². The predicted octanol–water partition coefficient (Wildman–Crippen LogP) is 3.60. The highest BCUT2D eigenvalue weighted by Gasteiger charge is 2.28. The highest BCUT2D eigenvalue weighted by Crippen LogP contribution is 2.29. The van der Waals surface area contributed by atoms with Crippen LogP contribution in [-0.2, 0) is 4.79 Å². The fourth-order valence-electron chi connectivity index (χ4n) is 2.57. The number of Topliss-reactive ketones (excluding diaryl/α,β-unsaturated/α-hetero) is 1. The quantitative estimate of drug-likeness (QED) is 0.836. The van der Waals surface area contributed by atoms with Crippen molar-refractivity contribution in [2.24, 2.45) is 0 Å². The van der Waals surface area contributed by atoms with Crippen LogP contribution in [0.5, 0.6) is 0 Å². The Morgan fingerprint density at radius 2 is 2.00 bits per heavy atom. The molecular formula is C14H17ClFNO. The van der Waals surface area contributed by atoms with E-state index in [1.54, 1.807) is 6.07 Å². The molecule has 1 saturated heterocycles. The number of halogens is 2. The van der Waals surface area contributed by atoms with Crippen molar-refractivity contribution in [1.29, 1.82) is 0 Å². The molecule has 0 saturated carbocycles. The molecule has 1 heterocycles. The van der Waals surface area contributed by atoms with Gasteiger partial charge in [0.2, 0.25) is 0 Å². The maximum atomic E-state index is 13.9. The van der Waals surface area contributed by atoms with Gasteiger partial charge >= 0.3 is 0 Å². The van der Waals surface area contributed by atoms with Crippen LogP contribution in [0, 0.1) is 5.82 Å². The molecule has 1 aromatic carbocycles. The van der Waals surface area contributed by atoms with E-state index in [4.69, 9.17) is 11.6 Å². The van der Waals surface area contributed by atoms with E-state index in [0.29, 0.717) is 10.6 Å². The molecule has 0 bridgehead atoms. The summed E-state index contributed by atoms with van der Waals surface area (Å²) in [6, 6.07) is 3.91. The molecule has 2 nitrogen and oxygen atoms in total. The summed E-state index contributed by atoms with van der Waals surface area (Å²) in [7, 11) is 0. The molecule has 0 aliphatic carbocycles. The second-order valence-electron chi connectivity index (χ2n) is 4.78. The molecule has 0 spiro atoms. The number of piperidine rings is 1. The molecule has 0 aromatic heterocycles. The molecule has 4 heteroatoms. The molecule has 1 unspecified atom stereocenters. The number of likely N-dealkylation sites (tertiary alicyclic amines) is 1. The average Bonchev–Trinajstić information content (AvgIpc) is 2.35. The monoisotopic (exact) mass is 269 g/mol. The Labute approximate surface area is 112 Å². The summed E-state index contributed by atoms with van der Waals surface area (Å²) in [5.41, 5.74) is 0.400. The van der Waals surface area contributed by atoms with Crippen LogP contribution >= 0.6 is 11.6 Å². The maximum Gasteiger partial charge on any atom is 0.151 e. The fourth-order valence-corrected chi connectivity index (χ4v) is 2.75. The lowest BCUT2D eigenvalue weighted by Crippen LogP contribution is -2.37. The zero-order valence-electron chi connectivity index (χ0n) is 10.5. The van der Waals surface area contributed by atoms with Crippen LogP contribution < -0.4 is 0 Å². The summed E-state index contributed by atoms with van der Waals surface area (Å²) in [6.07, 6.45) is 3.30. The van der Waals surface area contributed by atoms with Crippen LogP contribution in [0.4, 0.5) is 4.39 Å². The first-order chi connectivity index (χ1) is 8.59. The van der Waals surface area contributed by atoms with E-state index in [0.717, 1.165) is 25.9 Å². The van der Waals surface area contributed by atoms with Gasteiger partial charge in [0.1, 0.15) is 5.82 Å². The maximum absolute atomic E-state index is 13.9. The first-order valence-electron chi connectivity index (χ1n) is 6.29. The molecule has 1 aliphatic heterocycles. The van der Waals surface area contributed by atoms with Crippen LogP contribution in [0.15, 0.2) is 18.2 Å². The van der Waals surface area contributed by atoms with Gasteiger partial charge in [-0.15, -0.1) is 0 Å². The normalized spacial score (nSPS) is 18.6. The largest absolute Gasteiger partial charge is 0.298 e. The molecule has 1 aliphatic rings. The number of benzene rings is 1. The van der Waals surface area contributed by atoms with Gasteiger partial charge in [0.05, 0.1) is 6.04 Å². The summed E-state index contributed by atoms with van der Waals surface area (Å²) in [5, 5.41) is 0.467. The van der Waals surface area contributed by atoms with Crippen molar-refractivity contribution >= 4 is 17.4 Å². The summed E-state index contributed by atoms with van der Waals surface area (Å²) in [5.74, 6) is -0.386. The van der Waals surface area contributed by atoms with E-state index in [-0.39, 0.29) is 11.6 Å². The SMILES string of the molecule is CC(=O)C(c1cc(Cl)ccc1F)N1CCCCC1. The van der Waals surface area contributed by atoms with Crippen LogP contribution in [0.1, 0.15) is 37.8 Å². The third kappa shape index (κ3) is 2.90. The molecule has 1 atom stereocenters. The molecular weight excluding hydrogens is 253 g/mol. The van der Waals surface area contributed by atoms with Gasteiger partial charge in [0, 0.05) is 10.6 Å². The molecule has 1 fully saturated rings. The van der Waals surface area contributed by atoms with E-state index in [2.05, 4.69) is 4.90 Å². The number of rotatable bonds is 3. The third-order valence-corrected chi connectivity index (χ3v) is 3.63. The average molecular weight is 270 g/mol. The Kier molecular flexibility index (Phi) is 4.36. The van der Waals surface area contributed by atoms with E-state index in [1.165, 1.54) is 25.5 Å². The van der Waals surface area contributed by atoms with Crippen LogP contribution in [0.3, 0.4) is 0 Å². The molecule has 18 heavy (non-hydrogen) atoms. The fraction of sp³-hybridized carbons (Fsp3) is 0.500. The minimum absolute atomic E-state index is 0.0296. The lowest BCUT2D eigenvalue weighted by molar-refractivity contribution is -0.122. The van der Waals surface area contributed by atoms with Crippen LogP contribution in [0.2, 0.25) is 5.02 Å². The van der Waals surface area contributed by atoms with Gasteiger partial charge in [-0.3, -0.25) is 9.69 Å². The van der Waals surface area contributed by atoms with Gasteiger partial charge in [0.25, 0.3) is 0 Å². The topological polar surface area (TPSA) is 20.3 Å². The van der Waals surface area contributed by atoms with Crippen molar-refractivity contribution in [3.63, 3.8) is 0 Å². The Morgan fingerprint density at radius 3 is 2.61 bits per heavy atom. The van der Waals surface area contributed by atoms with Crippen molar-refractivity contribution in [2.75, 3.05) is 13.1 Å². The molecule has 98 valence electrons. The number of hydrogen-bond donors (Lipinski definition) is 0. The highest BCUT2D eigenvalue weighted by atomic mass is 35.5. The first kappa shape index (κ1) is 13.5. The minimum atomic E-state index is -0.496. The molecule has 0 radical (unpaired) electrons. The Bertz CT molecular complexity index is 443. The van der Waals surface area contributed by atoms with Gasteiger partial charge in [-0.25, -0.2) is 4.39 Å². The predicted molar refractivity (Wildman–Crippen MR) is 70.3 cm³/mol. The Hall–Kier alpha value is -0.930. The Balaban J connectivity index is 2.34. The molecule has 2 rings (SSSR count). The number of hydrogen-bond acceptors (Lipinski definition) is 2. The van der Waals surface area contributed by atoms with E-state index < -0.39 is 6.04 Å². The summed E-state index contributed by atoms with van der Waals surface area (Å²) in [4.78, 5) is 13.9. The van der Waals surface area contributed by atoms with Crippen molar-refractivity contribution in [1.82, 2.24) is 4.90 Å². The van der Waals surface area contributed by atoms with Gasteiger partial charge < -0.3 is 0 Å². The summed E-state index contributed by atoms with van der Waals surface area (Å²) < 4.78 is 13.9. The second-order valence-corrected chi connectivity index (χ2v) is 5.21. The minimum Gasteiger partial charge on any atom is -0.298 e. The smallest absolute Gasteiger partial charge is 0.151 e. The highest BCUT2D eigenvalue weighted by molar-refractivity contribution is 6.30. The van der Waals surface area contributed by atoms with Crippen molar-refractivity contribution in [3.05, 3.63) is 34.6 Å². The zero-order chi connectivity index (χ0) is 13.1. The lowest BCUT2D eigenvalue weighted by Gasteiger charge is -2.33. The van der Waals surface area contributed by atoms with E-state index in [1.807, 2.05) is 0 Å². The number of ketones is 1. The number of carbonyl (C=O) groups is 1. The summed E-state index contributed by atoms with van der Waals surface area (Å²) >= 11 is 5.91. The summed E-state index contributed by atoms with van der Waals surface area (Å²) in [6.45, 7) is 3.20. The van der Waals surface area contributed by atoms with E-state index in [9.17, 15) is 9.18 Å². The molecule has 1 aromatic rings. The van der Waals surface area contributed by atoms with Crippen molar-refractivity contribution in [2.45, 2.75) is 32.2 Å². The number of carbonyl (C=O) groups excluding carboxylic acids is 1. The van der Waals surface area contributed by atoms with E-state index >= 15 is 0 Å². The van der Waals surface area contributed by atoms with Gasteiger partial charge in [-0.05, 0) is 51.1 Å². The van der Waals surface area contributed by atoms with Gasteiger partial charge in [-0.2, -0.15) is 0 Å². The number of nitrogens with zero attached hydrogens (tertiary/aromatic N) is 1. The standard InChI is InChI=1S/C14H17ClFNO/c1-10(18)14(17-7-3-2-4-8-17)12-9-11(15)5-6-13(12)16/h5-6,9,14H,2-4,7-8H2,1H3. The van der Waals surface area contributed by atoms with Gasteiger partial charge in [-0.1, -0.05) is 18.0 Å². The third-order valence-electron chi connectivity index (χ3n) is 3.39. The lowest BCUT2D eigenvalue weighted by atomic mass is 9.98. The zero-order valence-corrected chi connectivity index (χ0v) is 11.2. The Morgan fingerprint density at radius 1 is 1.33 bits per heavy atom. The second kappa shape index (κ2) is 5.81. The van der Waals surface area contributed by atoms with Crippen molar-refractivity contribution in [3.8, 4) is 0 Å². The van der Waals surface area contributed by atoms with Crippen molar-refractivity contribution < 1.29 is 9.18 Å². The van der Waals surface area contributed by atoms with Crippen LogP contribution in [0.25, 0.3) is 0 Å². The van der Waals surface area contributed by atoms with Gasteiger partial charge in [0.15, 0.2) is 5.78 Å². The first-order valence-corrected chi connectivity index (χ1v) is 6.67. The molecule has 0 N–H and O–H groups in total.